The van der Waals surface area contributed by atoms with Crippen LogP contribution in [-0.4, -0.2) is 76.2 Å². The van der Waals surface area contributed by atoms with Crippen LogP contribution in [0.1, 0.15) is 65.7 Å². The molecule has 204 valence electrons. The van der Waals surface area contributed by atoms with Gasteiger partial charge in [0.1, 0.15) is 11.2 Å². The van der Waals surface area contributed by atoms with Crippen molar-refractivity contribution in [2.75, 3.05) is 32.9 Å². The zero-order valence-corrected chi connectivity index (χ0v) is 25.0. The van der Waals surface area contributed by atoms with Crippen molar-refractivity contribution in [3.8, 4) is 11.3 Å². The fraction of sp³-hybridized carbons (Fsp3) is 0.571. The minimum absolute atomic E-state index is 0.203. The molecule has 1 saturated carbocycles. The van der Waals surface area contributed by atoms with Crippen LogP contribution in [0.25, 0.3) is 27.1 Å². The van der Waals surface area contributed by atoms with E-state index in [9.17, 15) is 8.42 Å². The highest BCUT2D eigenvalue weighted by Gasteiger charge is 2.46. The molecule has 0 radical (unpaired) electrons. The predicted molar refractivity (Wildman–Crippen MR) is 155 cm³/mol. The molecule has 0 aromatic carbocycles. The van der Waals surface area contributed by atoms with Crippen molar-refractivity contribution >= 4 is 37.2 Å². The summed E-state index contributed by atoms with van der Waals surface area (Å²) in [7, 11) is 0.0813. The van der Waals surface area contributed by atoms with Crippen LogP contribution in [0, 0.1) is 26.7 Å². The number of aromatic amines is 1. The van der Waals surface area contributed by atoms with Gasteiger partial charge in [0, 0.05) is 55.3 Å². The lowest BCUT2D eigenvalue weighted by Gasteiger charge is -2.31. The third-order valence-corrected chi connectivity index (χ3v) is 12.3. The number of fused-ring (bicyclic) bond motifs is 4. The maximum atomic E-state index is 12.3. The molecule has 1 aliphatic carbocycles. The molecule has 1 unspecified atom stereocenters. The van der Waals surface area contributed by atoms with Gasteiger partial charge in [-0.1, -0.05) is 13.8 Å². The average molecular weight is 555 g/mol. The molecule has 1 N–H and O–H groups in total. The average Bonchev–Trinajstić information content (AvgIpc) is 3.66. The first-order chi connectivity index (χ1) is 18.0. The first kappa shape index (κ1) is 26.0. The molecule has 2 fully saturated rings. The number of H-pyrrole nitrogens is 1. The van der Waals surface area contributed by atoms with E-state index in [1.807, 2.05) is 15.9 Å². The Kier molecular flexibility index (Phi) is 6.25. The van der Waals surface area contributed by atoms with Gasteiger partial charge in [-0.05, 0) is 73.6 Å². The van der Waals surface area contributed by atoms with Gasteiger partial charge in [0.25, 0.3) is 0 Å². The topological polar surface area (TPSA) is 86.6 Å². The molecule has 1 aliphatic heterocycles. The highest BCUT2D eigenvalue weighted by Crippen LogP contribution is 2.53. The molecular weight excluding hydrogens is 516 g/mol. The lowest BCUT2D eigenvalue weighted by molar-refractivity contribution is 0.210. The van der Waals surface area contributed by atoms with Crippen molar-refractivity contribution in [3.05, 3.63) is 39.7 Å². The first-order valence-corrected chi connectivity index (χ1v) is 16.0. The minimum Gasteiger partial charge on any atom is -0.346 e. The fourth-order valence-corrected chi connectivity index (χ4v) is 9.17. The van der Waals surface area contributed by atoms with Crippen LogP contribution in [0.4, 0.5) is 0 Å². The van der Waals surface area contributed by atoms with Crippen molar-refractivity contribution in [1.29, 1.82) is 0 Å². The van der Waals surface area contributed by atoms with Gasteiger partial charge in [0.15, 0.2) is 5.65 Å². The van der Waals surface area contributed by atoms with E-state index in [1.165, 1.54) is 53.8 Å². The van der Waals surface area contributed by atoms with Crippen LogP contribution in [0.2, 0.25) is 0 Å². The van der Waals surface area contributed by atoms with Crippen LogP contribution in [-0.2, 0) is 10.0 Å². The summed E-state index contributed by atoms with van der Waals surface area (Å²) in [6.45, 7) is 12.8. The maximum Gasteiger partial charge on any atom is 0.214 e. The van der Waals surface area contributed by atoms with Gasteiger partial charge in [0.2, 0.25) is 10.0 Å². The summed E-state index contributed by atoms with van der Waals surface area (Å²) < 4.78 is 27.8. The second-order valence-electron chi connectivity index (χ2n) is 11.8. The van der Waals surface area contributed by atoms with E-state index in [-0.39, 0.29) is 5.75 Å². The zero-order chi connectivity index (χ0) is 27.1. The molecule has 6 rings (SSSR count). The molecule has 2 aliphatic rings. The number of piperidine rings is 1. The number of rotatable bonds is 7. The zero-order valence-electron chi connectivity index (χ0n) is 23.4. The number of aryl methyl sites for hydroxylation is 2. The van der Waals surface area contributed by atoms with Gasteiger partial charge in [-0.25, -0.2) is 22.2 Å². The number of nitrogens with one attached hydrogen (secondary N) is 1. The monoisotopic (exact) mass is 554 g/mol. The molecule has 2 bridgehead atoms. The quantitative estimate of drug-likeness (QED) is 0.345. The number of sulfonamides is 1. The predicted octanol–water partition coefficient (Wildman–Crippen LogP) is 5.06. The number of thiophene rings is 1. The summed E-state index contributed by atoms with van der Waals surface area (Å²) in [5.74, 6) is 1.74. The third-order valence-electron chi connectivity index (χ3n) is 9.12. The van der Waals surface area contributed by atoms with E-state index in [0.717, 1.165) is 24.2 Å². The van der Waals surface area contributed by atoms with Gasteiger partial charge in [-0.15, -0.1) is 11.3 Å². The van der Waals surface area contributed by atoms with Crippen molar-refractivity contribution in [2.45, 2.75) is 65.3 Å². The van der Waals surface area contributed by atoms with Gasteiger partial charge >= 0.3 is 0 Å². The molecule has 0 amide bonds. The number of pyridine rings is 1. The molecule has 4 aromatic rings. The largest absolute Gasteiger partial charge is 0.346 e. The standard InChI is InChI=1S/C28H38N6O2S2/c1-15(2)23-24-18(5)26(21-11-20-10-19(21)12-33(20)8-9-38(35,36)32(6)7)37-28(24)31-25(23)22-13-34-27(29-14-30-34)17(4)16(22)3/h13-15,19-21,31H,8-12H2,1-7H3/t19-,20?,21+/m0/s1. The summed E-state index contributed by atoms with van der Waals surface area (Å²) in [6, 6.07) is 0.488. The van der Waals surface area contributed by atoms with E-state index in [2.05, 4.69) is 60.8 Å². The third kappa shape index (κ3) is 3.94. The molecule has 0 spiro atoms. The van der Waals surface area contributed by atoms with Crippen molar-refractivity contribution in [2.24, 2.45) is 5.92 Å². The number of likely N-dealkylation sites (tertiary alicyclic amines) is 1. The molecule has 8 nitrogen and oxygen atoms in total. The van der Waals surface area contributed by atoms with Crippen LogP contribution in [0.15, 0.2) is 12.5 Å². The Balaban J connectivity index is 1.32. The number of hydrogen-bond acceptors (Lipinski definition) is 6. The lowest BCUT2D eigenvalue weighted by Crippen LogP contribution is -2.39. The van der Waals surface area contributed by atoms with E-state index >= 15 is 0 Å². The van der Waals surface area contributed by atoms with Gasteiger partial charge < -0.3 is 4.98 Å². The Morgan fingerprint density at radius 3 is 2.58 bits per heavy atom. The summed E-state index contributed by atoms with van der Waals surface area (Å²) in [5.41, 5.74) is 8.52. The summed E-state index contributed by atoms with van der Waals surface area (Å²) >= 11 is 1.93. The second kappa shape index (κ2) is 9.15. The molecule has 5 heterocycles. The molecule has 38 heavy (non-hydrogen) atoms. The number of aromatic nitrogens is 4. The van der Waals surface area contributed by atoms with Crippen LogP contribution in [0.5, 0.6) is 0 Å². The second-order valence-corrected chi connectivity index (χ2v) is 15.1. The van der Waals surface area contributed by atoms with E-state index in [1.54, 1.807) is 20.4 Å². The Morgan fingerprint density at radius 1 is 1.16 bits per heavy atom. The first-order valence-electron chi connectivity index (χ1n) is 13.6. The van der Waals surface area contributed by atoms with Gasteiger partial charge in [-0.2, -0.15) is 5.10 Å². The van der Waals surface area contributed by atoms with Crippen molar-refractivity contribution in [1.82, 2.24) is 28.8 Å². The molecule has 10 heteroatoms. The van der Waals surface area contributed by atoms with Crippen LogP contribution >= 0.6 is 11.3 Å². The number of nitrogens with zero attached hydrogens (tertiary/aromatic N) is 5. The molecular formula is C28H38N6O2S2. The molecule has 4 aromatic heterocycles. The SMILES string of the molecule is Cc1c(-c2[nH]c3sc([C@@H]4CC5C[C@H]4CN5CCS(=O)(=O)N(C)C)c(C)c3c2C(C)C)cn2ncnc2c1C. The molecule has 1 saturated heterocycles. The Morgan fingerprint density at radius 2 is 1.92 bits per heavy atom. The lowest BCUT2D eigenvalue weighted by atomic mass is 9.88. The van der Waals surface area contributed by atoms with E-state index in [4.69, 9.17) is 0 Å². The van der Waals surface area contributed by atoms with Crippen LogP contribution in [0.3, 0.4) is 0 Å². The highest BCUT2D eigenvalue weighted by molar-refractivity contribution is 7.89. The van der Waals surface area contributed by atoms with Crippen LogP contribution < -0.4 is 0 Å². The van der Waals surface area contributed by atoms with E-state index in [0.29, 0.717) is 30.3 Å². The summed E-state index contributed by atoms with van der Waals surface area (Å²) in [6.07, 6.45) is 6.04. The molecule has 3 atom stereocenters. The summed E-state index contributed by atoms with van der Waals surface area (Å²) in [4.78, 5) is 13.5. The fourth-order valence-electron chi connectivity index (χ4n) is 6.90. The summed E-state index contributed by atoms with van der Waals surface area (Å²) in [5, 5.41) is 5.82. The van der Waals surface area contributed by atoms with Crippen molar-refractivity contribution < 1.29 is 8.42 Å². The Hall–Kier alpha value is -2.27. The van der Waals surface area contributed by atoms with Gasteiger partial charge in [-0.3, -0.25) is 4.90 Å². The highest BCUT2D eigenvalue weighted by atomic mass is 32.2. The smallest absolute Gasteiger partial charge is 0.214 e. The Labute approximate surface area is 229 Å². The minimum atomic E-state index is -3.16. The van der Waals surface area contributed by atoms with E-state index < -0.39 is 10.0 Å². The maximum absolute atomic E-state index is 12.3. The van der Waals surface area contributed by atoms with Gasteiger partial charge in [0.05, 0.1) is 11.4 Å². The van der Waals surface area contributed by atoms with Crippen molar-refractivity contribution in [3.63, 3.8) is 0 Å². The Bertz CT molecular complexity index is 1640. The normalized spacial score (nSPS) is 22.3. The number of hydrogen-bond donors (Lipinski definition) is 1.